The van der Waals surface area contributed by atoms with Gasteiger partial charge in [0.05, 0.1) is 13.2 Å². The molecule has 0 saturated carbocycles. The summed E-state index contributed by atoms with van der Waals surface area (Å²) in [4.78, 5) is 1.91. The first-order valence-electron chi connectivity index (χ1n) is 7.53. The maximum atomic E-state index is 12.5. The first kappa shape index (κ1) is 18.2. The number of aliphatic hydroxyl groups excluding tert-OH is 1. The monoisotopic (exact) mass is 337 g/mol. The van der Waals surface area contributed by atoms with Crippen LogP contribution in [0.2, 0.25) is 0 Å². The first-order chi connectivity index (χ1) is 11.5. The van der Waals surface area contributed by atoms with Crippen molar-refractivity contribution >= 4 is 0 Å². The average Bonchev–Trinajstić information content (AvgIpc) is 2.55. The largest absolute Gasteiger partial charge is 0.493 e. The van der Waals surface area contributed by atoms with E-state index in [-0.39, 0.29) is 11.5 Å². The zero-order valence-electron chi connectivity index (χ0n) is 13.7. The van der Waals surface area contributed by atoms with Crippen molar-refractivity contribution in [1.82, 2.24) is 4.90 Å². The number of hydrogen-bond donors (Lipinski definition) is 1. The van der Waals surface area contributed by atoms with Crippen LogP contribution in [0.4, 0.5) is 8.78 Å². The maximum absolute atomic E-state index is 12.5. The van der Waals surface area contributed by atoms with Gasteiger partial charge in [0.15, 0.2) is 11.5 Å². The van der Waals surface area contributed by atoms with Crippen molar-refractivity contribution in [2.45, 2.75) is 19.3 Å². The molecule has 0 aliphatic rings. The van der Waals surface area contributed by atoms with Crippen LogP contribution in [-0.2, 0) is 6.54 Å². The van der Waals surface area contributed by atoms with E-state index < -0.39 is 12.7 Å². The highest BCUT2D eigenvalue weighted by Gasteiger charge is 2.14. The molecule has 1 unspecified atom stereocenters. The second kappa shape index (κ2) is 8.61. The van der Waals surface area contributed by atoms with E-state index in [2.05, 4.69) is 4.74 Å². The molecule has 1 atom stereocenters. The van der Waals surface area contributed by atoms with Crippen LogP contribution < -0.4 is 9.47 Å². The molecule has 1 N–H and O–H groups in total. The Hall–Kier alpha value is -2.18. The molecule has 130 valence electrons. The number of halogens is 2. The van der Waals surface area contributed by atoms with Gasteiger partial charge in [-0.1, -0.05) is 36.4 Å². The Balaban J connectivity index is 2.01. The molecule has 6 heteroatoms. The van der Waals surface area contributed by atoms with Crippen LogP contribution in [0.15, 0.2) is 48.5 Å². The quantitative estimate of drug-likeness (QED) is 0.801. The van der Waals surface area contributed by atoms with E-state index >= 15 is 0 Å². The minimum atomic E-state index is -2.91. The highest BCUT2D eigenvalue weighted by atomic mass is 19.3. The zero-order valence-corrected chi connectivity index (χ0v) is 13.7. The average molecular weight is 337 g/mol. The molecule has 2 rings (SSSR count). The number of alkyl halides is 2. The maximum Gasteiger partial charge on any atom is 0.387 e. The van der Waals surface area contributed by atoms with Gasteiger partial charge in [-0.25, -0.2) is 0 Å². The Morgan fingerprint density at radius 3 is 2.42 bits per heavy atom. The summed E-state index contributed by atoms with van der Waals surface area (Å²) >= 11 is 0. The molecule has 0 spiro atoms. The minimum absolute atomic E-state index is 0.00186. The summed E-state index contributed by atoms with van der Waals surface area (Å²) in [6.07, 6.45) is -0.619. The number of ether oxygens (including phenoxy) is 2. The minimum Gasteiger partial charge on any atom is -0.493 e. The Kier molecular flexibility index (Phi) is 6.52. The predicted octanol–water partition coefficient (Wildman–Crippen LogP) is 3.46. The van der Waals surface area contributed by atoms with Crippen LogP contribution in [0.1, 0.15) is 17.2 Å². The van der Waals surface area contributed by atoms with Crippen molar-refractivity contribution < 1.29 is 23.4 Å². The fourth-order valence-electron chi connectivity index (χ4n) is 2.46. The van der Waals surface area contributed by atoms with Gasteiger partial charge >= 0.3 is 6.61 Å². The lowest BCUT2D eigenvalue weighted by molar-refractivity contribution is -0.0512. The van der Waals surface area contributed by atoms with Crippen LogP contribution in [0.3, 0.4) is 0 Å². The van der Waals surface area contributed by atoms with E-state index in [0.717, 1.165) is 11.1 Å². The molecule has 0 amide bonds. The van der Waals surface area contributed by atoms with Crippen molar-refractivity contribution in [2.75, 3.05) is 20.7 Å². The lowest BCUT2D eigenvalue weighted by Crippen LogP contribution is -2.24. The number of rotatable bonds is 8. The lowest BCUT2D eigenvalue weighted by atomic mass is 10.1. The highest BCUT2D eigenvalue weighted by molar-refractivity contribution is 5.43. The van der Waals surface area contributed by atoms with Crippen molar-refractivity contribution in [3.8, 4) is 11.5 Å². The van der Waals surface area contributed by atoms with Gasteiger partial charge in [-0.05, 0) is 30.3 Å². The van der Waals surface area contributed by atoms with Crippen LogP contribution in [0.25, 0.3) is 0 Å². The molecule has 0 fully saturated rings. The molecule has 2 aromatic carbocycles. The van der Waals surface area contributed by atoms with E-state index in [1.807, 2.05) is 42.3 Å². The first-order valence-corrected chi connectivity index (χ1v) is 7.53. The Labute approximate surface area is 140 Å². The summed E-state index contributed by atoms with van der Waals surface area (Å²) < 4.78 is 34.4. The standard InChI is InChI=1S/C18H21F2NO3/c1-21(12-15(22)14-6-4-3-5-7-14)11-13-8-9-16(23-2)17(10-13)24-18(19)20/h3-10,15,18,22H,11-12H2,1-2H3. The Bertz CT molecular complexity index is 637. The summed E-state index contributed by atoms with van der Waals surface area (Å²) in [7, 11) is 3.25. The predicted molar refractivity (Wildman–Crippen MR) is 87.4 cm³/mol. The highest BCUT2D eigenvalue weighted by Crippen LogP contribution is 2.30. The van der Waals surface area contributed by atoms with Crippen molar-refractivity contribution in [1.29, 1.82) is 0 Å². The summed E-state index contributed by atoms with van der Waals surface area (Å²) in [6, 6.07) is 14.3. The summed E-state index contributed by atoms with van der Waals surface area (Å²) in [5, 5.41) is 10.2. The van der Waals surface area contributed by atoms with E-state index in [4.69, 9.17) is 4.74 Å². The van der Waals surface area contributed by atoms with Crippen LogP contribution in [0.5, 0.6) is 11.5 Å². The van der Waals surface area contributed by atoms with Gasteiger partial charge in [-0.15, -0.1) is 0 Å². The van der Waals surface area contributed by atoms with Gasteiger partial charge in [-0.3, -0.25) is 4.90 Å². The van der Waals surface area contributed by atoms with Gasteiger partial charge in [0.2, 0.25) is 0 Å². The zero-order chi connectivity index (χ0) is 17.5. The molecule has 0 heterocycles. The summed E-state index contributed by atoms with van der Waals surface area (Å²) in [5.74, 6) is 0.257. The fraction of sp³-hybridized carbons (Fsp3) is 0.333. The third-order valence-corrected chi connectivity index (χ3v) is 3.57. The topological polar surface area (TPSA) is 41.9 Å². The number of methoxy groups -OCH3 is 1. The number of nitrogens with zero attached hydrogens (tertiary/aromatic N) is 1. The van der Waals surface area contributed by atoms with Gasteiger partial charge < -0.3 is 14.6 Å². The molecular formula is C18H21F2NO3. The lowest BCUT2D eigenvalue weighted by Gasteiger charge is -2.21. The third-order valence-electron chi connectivity index (χ3n) is 3.57. The molecule has 2 aromatic rings. The SMILES string of the molecule is COc1ccc(CN(C)CC(O)c2ccccc2)cc1OC(F)F. The number of aliphatic hydroxyl groups is 1. The molecule has 0 aliphatic heterocycles. The normalized spacial score (nSPS) is 12.5. The van der Waals surface area contributed by atoms with E-state index in [1.54, 1.807) is 12.1 Å². The Morgan fingerprint density at radius 2 is 1.79 bits per heavy atom. The summed E-state index contributed by atoms with van der Waals surface area (Å²) in [5.41, 5.74) is 1.62. The molecule has 0 aromatic heterocycles. The molecule has 0 saturated heterocycles. The molecule has 0 aliphatic carbocycles. The molecule has 24 heavy (non-hydrogen) atoms. The number of likely N-dealkylation sites (N-methyl/N-ethyl adjacent to an activating group) is 1. The van der Waals surface area contributed by atoms with Gasteiger partial charge in [0.1, 0.15) is 0 Å². The fourth-order valence-corrected chi connectivity index (χ4v) is 2.46. The second-order valence-electron chi connectivity index (χ2n) is 5.49. The molecule has 4 nitrogen and oxygen atoms in total. The van der Waals surface area contributed by atoms with Crippen molar-refractivity contribution in [3.63, 3.8) is 0 Å². The second-order valence-corrected chi connectivity index (χ2v) is 5.49. The van der Waals surface area contributed by atoms with Crippen molar-refractivity contribution in [2.24, 2.45) is 0 Å². The molecule has 0 radical (unpaired) electrons. The van der Waals surface area contributed by atoms with Crippen LogP contribution >= 0.6 is 0 Å². The van der Waals surface area contributed by atoms with Crippen molar-refractivity contribution in [3.05, 3.63) is 59.7 Å². The number of hydrogen-bond acceptors (Lipinski definition) is 4. The van der Waals surface area contributed by atoms with E-state index in [1.165, 1.54) is 13.2 Å². The van der Waals surface area contributed by atoms with Gasteiger partial charge in [-0.2, -0.15) is 8.78 Å². The summed E-state index contributed by atoms with van der Waals surface area (Å²) in [6.45, 7) is -2.01. The smallest absolute Gasteiger partial charge is 0.387 e. The Morgan fingerprint density at radius 1 is 1.08 bits per heavy atom. The van der Waals surface area contributed by atoms with Gasteiger partial charge in [0.25, 0.3) is 0 Å². The van der Waals surface area contributed by atoms with Gasteiger partial charge in [0, 0.05) is 13.1 Å². The van der Waals surface area contributed by atoms with E-state index in [0.29, 0.717) is 13.1 Å². The van der Waals surface area contributed by atoms with E-state index in [9.17, 15) is 13.9 Å². The molecule has 0 bridgehead atoms. The van der Waals surface area contributed by atoms with Crippen LogP contribution in [0, 0.1) is 0 Å². The third kappa shape index (κ3) is 5.18. The van der Waals surface area contributed by atoms with Crippen LogP contribution in [-0.4, -0.2) is 37.3 Å². The number of benzene rings is 2. The molecular weight excluding hydrogens is 316 g/mol.